The number of rotatable bonds is 8. The molecule has 1 aliphatic rings. The van der Waals surface area contributed by atoms with E-state index in [4.69, 9.17) is 15.8 Å². The van der Waals surface area contributed by atoms with Gasteiger partial charge < -0.3 is 20.9 Å². The van der Waals surface area contributed by atoms with Gasteiger partial charge in [-0.2, -0.15) is 0 Å². The Balaban J connectivity index is 2.19. The van der Waals surface area contributed by atoms with Crippen LogP contribution in [0.15, 0.2) is 12.1 Å². The Morgan fingerprint density at radius 1 is 1.35 bits per heavy atom. The quantitative estimate of drug-likeness (QED) is 0.540. The molecule has 23 heavy (non-hydrogen) atoms. The van der Waals surface area contributed by atoms with Crippen LogP contribution >= 0.6 is 0 Å². The highest BCUT2D eigenvalue weighted by Gasteiger charge is 2.38. The minimum atomic E-state index is -1.37. The van der Waals surface area contributed by atoms with Gasteiger partial charge in [-0.05, 0) is 67.2 Å². The molecule has 1 aromatic carbocycles. The fourth-order valence-corrected chi connectivity index (χ4v) is 3.45. The molecule has 0 radical (unpaired) electrons. The largest absolute Gasteiger partial charge is 0.481 e. The smallest absolute Gasteiger partial charge is 0.451 e. The molecule has 0 aromatic heterocycles. The molecule has 2 unspecified atom stereocenters. The van der Waals surface area contributed by atoms with Gasteiger partial charge in [-0.25, -0.2) is 4.39 Å². The van der Waals surface area contributed by atoms with E-state index in [0.717, 1.165) is 5.56 Å². The van der Waals surface area contributed by atoms with Gasteiger partial charge in [-0.1, -0.05) is 12.5 Å². The number of carbonyl (C=O) groups is 1. The van der Waals surface area contributed by atoms with Crippen molar-refractivity contribution in [2.75, 3.05) is 6.54 Å². The van der Waals surface area contributed by atoms with Gasteiger partial charge in [0, 0.05) is 0 Å². The van der Waals surface area contributed by atoms with Gasteiger partial charge in [0.2, 0.25) is 0 Å². The van der Waals surface area contributed by atoms with Crippen LogP contribution in [-0.4, -0.2) is 34.8 Å². The zero-order valence-corrected chi connectivity index (χ0v) is 13.0. The highest BCUT2D eigenvalue weighted by atomic mass is 19.1. The van der Waals surface area contributed by atoms with Crippen LogP contribution in [0.2, 0.25) is 6.32 Å². The van der Waals surface area contributed by atoms with Crippen molar-refractivity contribution in [1.82, 2.24) is 0 Å². The molecule has 5 nitrogen and oxygen atoms in total. The normalized spacial score (nSPS) is 19.7. The molecule has 0 heterocycles. The Labute approximate surface area is 135 Å². The Morgan fingerprint density at radius 3 is 2.70 bits per heavy atom. The van der Waals surface area contributed by atoms with Crippen molar-refractivity contribution in [3.8, 4) is 0 Å². The summed E-state index contributed by atoms with van der Waals surface area (Å²) in [5, 5.41) is 27.4. The molecule has 2 atom stereocenters. The van der Waals surface area contributed by atoms with Gasteiger partial charge >= 0.3 is 13.1 Å². The third-order valence-electron chi connectivity index (χ3n) is 4.55. The molecule has 126 valence electrons. The third kappa shape index (κ3) is 4.31. The highest BCUT2D eigenvalue weighted by Crippen LogP contribution is 2.42. The summed E-state index contributed by atoms with van der Waals surface area (Å²) >= 11 is 0. The van der Waals surface area contributed by atoms with Crippen LogP contribution in [0.1, 0.15) is 41.9 Å². The van der Waals surface area contributed by atoms with Crippen LogP contribution < -0.4 is 5.73 Å². The summed E-state index contributed by atoms with van der Waals surface area (Å²) in [5.41, 5.74) is 7.42. The average molecular weight is 323 g/mol. The second-order valence-corrected chi connectivity index (χ2v) is 6.23. The lowest BCUT2D eigenvalue weighted by molar-refractivity contribution is -0.139. The number of aliphatic carboxylic acids is 1. The maximum Gasteiger partial charge on any atom is 0.451 e. The predicted molar refractivity (Wildman–Crippen MR) is 85.6 cm³/mol. The van der Waals surface area contributed by atoms with Gasteiger partial charge in [0.05, 0.1) is 5.92 Å². The minimum Gasteiger partial charge on any atom is -0.481 e. The number of benzene rings is 1. The summed E-state index contributed by atoms with van der Waals surface area (Å²) < 4.78 is 14.1. The molecule has 7 heteroatoms. The first-order valence-corrected chi connectivity index (χ1v) is 8.04. The van der Waals surface area contributed by atoms with Crippen molar-refractivity contribution in [2.24, 2.45) is 11.7 Å². The summed E-state index contributed by atoms with van der Waals surface area (Å²) in [6.07, 6.45) is 3.00. The van der Waals surface area contributed by atoms with E-state index in [1.165, 1.54) is 6.07 Å². The molecule has 0 bridgehead atoms. The first-order valence-electron chi connectivity index (χ1n) is 8.04. The summed E-state index contributed by atoms with van der Waals surface area (Å²) in [5.74, 6) is -1.99. The second-order valence-electron chi connectivity index (χ2n) is 6.23. The van der Waals surface area contributed by atoms with Crippen LogP contribution in [-0.2, 0) is 17.6 Å². The topological polar surface area (TPSA) is 104 Å². The van der Waals surface area contributed by atoms with E-state index in [1.807, 2.05) is 0 Å². The van der Waals surface area contributed by atoms with Gasteiger partial charge in [0.1, 0.15) is 5.82 Å². The summed E-state index contributed by atoms with van der Waals surface area (Å²) in [7, 11) is -1.37. The molecule has 0 amide bonds. The molecule has 0 aliphatic heterocycles. The average Bonchev–Trinajstić information content (AvgIpc) is 2.81. The van der Waals surface area contributed by atoms with Crippen molar-refractivity contribution in [3.05, 3.63) is 34.6 Å². The number of carboxylic acid groups (broad SMARTS) is 1. The molecule has 0 saturated carbocycles. The van der Waals surface area contributed by atoms with Crippen molar-refractivity contribution in [1.29, 1.82) is 0 Å². The third-order valence-corrected chi connectivity index (χ3v) is 4.55. The zero-order valence-electron chi connectivity index (χ0n) is 13.0. The van der Waals surface area contributed by atoms with Crippen molar-refractivity contribution < 1.29 is 24.3 Å². The number of aryl methyl sites for hydroxylation is 1. The number of fused-ring (bicyclic) bond motifs is 1. The molecule has 0 spiro atoms. The summed E-state index contributed by atoms with van der Waals surface area (Å²) in [4.78, 5) is 11.7. The Hall–Kier alpha value is -1.44. The van der Waals surface area contributed by atoms with E-state index in [-0.39, 0.29) is 18.1 Å². The van der Waals surface area contributed by atoms with Crippen LogP contribution in [0.4, 0.5) is 4.39 Å². The number of hydrogen-bond acceptors (Lipinski definition) is 4. The molecule has 0 fully saturated rings. The van der Waals surface area contributed by atoms with Gasteiger partial charge in [-0.3, -0.25) is 4.79 Å². The first-order chi connectivity index (χ1) is 10.9. The number of hydrogen-bond donors (Lipinski definition) is 4. The lowest BCUT2D eigenvalue weighted by Gasteiger charge is -2.16. The second kappa shape index (κ2) is 7.90. The Kier molecular flexibility index (Phi) is 6.15. The molecule has 1 aliphatic carbocycles. The van der Waals surface area contributed by atoms with Crippen LogP contribution in [0, 0.1) is 11.7 Å². The van der Waals surface area contributed by atoms with Crippen molar-refractivity contribution in [3.63, 3.8) is 0 Å². The Morgan fingerprint density at radius 2 is 2.09 bits per heavy atom. The van der Waals surface area contributed by atoms with E-state index < -0.39 is 19.0 Å². The van der Waals surface area contributed by atoms with E-state index in [1.54, 1.807) is 6.07 Å². The predicted octanol–water partition coefficient (Wildman–Crippen LogP) is 1.31. The fraction of sp³-hybridized carbons (Fsp3) is 0.562. The van der Waals surface area contributed by atoms with Gasteiger partial charge in [0.25, 0.3) is 0 Å². The minimum absolute atomic E-state index is 0.134. The van der Waals surface area contributed by atoms with Crippen molar-refractivity contribution >= 4 is 13.1 Å². The van der Waals surface area contributed by atoms with Gasteiger partial charge in [0.15, 0.2) is 0 Å². The maximum absolute atomic E-state index is 14.1. The van der Waals surface area contributed by atoms with Crippen LogP contribution in [0.3, 0.4) is 0 Å². The maximum atomic E-state index is 14.1. The molecule has 5 N–H and O–H groups in total. The highest BCUT2D eigenvalue weighted by molar-refractivity contribution is 6.40. The van der Waals surface area contributed by atoms with Gasteiger partial charge in [-0.15, -0.1) is 0 Å². The number of halogens is 1. The fourth-order valence-electron chi connectivity index (χ4n) is 3.45. The first kappa shape index (κ1) is 17.9. The molecule has 1 aromatic rings. The molecule has 0 saturated heterocycles. The zero-order chi connectivity index (χ0) is 17.0. The SMILES string of the molecule is NCCCc1cc2c(cc1F)CC(CCCB(O)O)C2C(=O)O. The van der Waals surface area contributed by atoms with E-state index in [9.17, 15) is 14.3 Å². The van der Waals surface area contributed by atoms with Crippen LogP contribution in [0.25, 0.3) is 0 Å². The van der Waals surface area contributed by atoms with Crippen molar-refractivity contribution in [2.45, 2.75) is 44.3 Å². The molecular formula is C16H23BFNO4. The van der Waals surface area contributed by atoms with E-state index in [2.05, 4.69) is 0 Å². The van der Waals surface area contributed by atoms with E-state index in [0.29, 0.717) is 49.8 Å². The lowest BCUT2D eigenvalue weighted by Crippen LogP contribution is -2.18. The number of carboxylic acids is 1. The lowest BCUT2D eigenvalue weighted by atomic mass is 9.80. The Bertz CT molecular complexity index is 567. The standard InChI is InChI=1S/C16H23BFNO4/c18-14-9-12-7-11(3-1-5-17(22)23)15(16(20)21)13(12)8-10(14)4-2-6-19/h8-9,11,15,22-23H,1-7,19H2,(H,20,21). The summed E-state index contributed by atoms with van der Waals surface area (Å²) in [6, 6.07) is 3.14. The summed E-state index contributed by atoms with van der Waals surface area (Å²) in [6.45, 7) is 0.463. The molecular weight excluding hydrogens is 300 g/mol. The van der Waals surface area contributed by atoms with Crippen LogP contribution in [0.5, 0.6) is 0 Å². The molecule has 2 rings (SSSR count). The number of nitrogens with two attached hydrogens (primary N) is 1. The van der Waals surface area contributed by atoms with E-state index >= 15 is 0 Å². The monoisotopic (exact) mass is 323 g/mol.